The molecule has 106 valence electrons. The zero-order valence-electron chi connectivity index (χ0n) is 12.3. The molecule has 1 aromatic rings. The molecule has 0 radical (unpaired) electrons. The monoisotopic (exact) mass is 263 g/mol. The van der Waals surface area contributed by atoms with Crippen LogP contribution >= 0.6 is 0 Å². The Hall–Kier alpha value is -1.20. The van der Waals surface area contributed by atoms with Gasteiger partial charge in [0.25, 0.3) is 0 Å². The predicted octanol–water partition coefficient (Wildman–Crippen LogP) is 1.12. The Morgan fingerprint density at radius 2 is 2.26 bits per heavy atom. The summed E-state index contributed by atoms with van der Waals surface area (Å²) in [4.78, 5) is 13.7. The fraction of sp³-hybridized carbons (Fsp3) is 0.714. The fourth-order valence-corrected chi connectivity index (χ4v) is 2.62. The number of aromatic nitrogens is 2. The maximum atomic E-state index is 4.73. The van der Waals surface area contributed by atoms with E-state index in [1.165, 1.54) is 12.8 Å². The molecule has 0 bridgehead atoms. The third kappa shape index (κ3) is 3.88. The summed E-state index contributed by atoms with van der Waals surface area (Å²) in [5, 5.41) is 3.30. The minimum atomic E-state index is 0.568. The maximum Gasteiger partial charge on any atom is 0.147 e. The molecular weight excluding hydrogens is 238 g/mol. The molecule has 0 aromatic carbocycles. The first-order chi connectivity index (χ1) is 9.20. The number of hydrogen-bond acceptors (Lipinski definition) is 5. The van der Waals surface area contributed by atoms with Crippen molar-refractivity contribution in [2.75, 3.05) is 38.6 Å². The van der Waals surface area contributed by atoms with Gasteiger partial charge >= 0.3 is 0 Å². The molecule has 1 aliphatic rings. The molecule has 1 saturated heterocycles. The van der Waals surface area contributed by atoms with Crippen molar-refractivity contribution in [1.82, 2.24) is 20.2 Å². The van der Waals surface area contributed by atoms with Crippen LogP contribution in [-0.4, -0.2) is 54.6 Å². The van der Waals surface area contributed by atoms with Crippen molar-refractivity contribution in [2.45, 2.75) is 32.4 Å². The van der Waals surface area contributed by atoms with Crippen LogP contribution in [0.15, 0.2) is 12.4 Å². The van der Waals surface area contributed by atoms with E-state index < -0.39 is 0 Å². The molecule has 0 spiro atoms. The Morgan fingerprint density at radius 3 is 3.00 bits per heavy atom. The molecule has 0 saturated carbocycles. The van der Waals surface area contributed by atoms with Crippen molar-refractivity contribution in [3.8, 4) is 0 Å². The Bertz CT molecular complexity index is 393. The molecule has 1 fully saturated rings. The van der Waals surface area contributed by atoms with Gasteiger partial charge in [-0.25, -0.2) is 4.98 Å². The minimum Gasteiger partial charge on any atom is -0.351 e. The molecule has 1 aliphatic heterocycles. The molecule has 5 heteroatoms. The van der Waals surface area contributed by atoms with E-state index >= 15 is 0 Å². The SMILES string of the molecule is CCNCc1cncc(N2CCCC2CN(C)C)n1. The first-order valence-corrected chi connectivity index (χ1v) is 7.13. The van der Waals surface area contributed by atoms with E-state index in [4.69, 9.17) is 4.98 Å². The highest BCUT2D eigenvalue weighted by Crippen LogP contribution is 2.23. The lowest BCUT2D eigenvalue weighted by Gasteiger charge is -2.28. The van der Waals surface area contributed by atoms with Crippen LogP contribution in [0, 0.1) is 0 Å². The highest BCUT2D eigenvalue weighted by atomic mass is 15.3. The van der Waals surface area contributed by atoms with Crippen LogP contribution in [0.2, 0.25) is 0 Å². The van der Waals surface area contributed by atoms with E-state index in [0.717, 1.165) is 37.7 Å². The highest BCUT2D eigenvalue weighted by Gasteiger charge is 2.26. The van der Waals surface area contributed by atoms with E-state index in [1.54, 1.807) is 0 Å². The molecule has 1 unspecified atom stereocenters. The topological polar surface area (TPSA) is 44.3 Å². The molecule has 1 N–H and O–H groups in total. The van der Waals surface area contributed by atoms with Gasteiger partial charge in [0.15, 0.2) is 0 Å². The van der Waals surface area contributed by atoms with Gasteiger partial charge in [-0.05, 0) is 33.5 Å². The number of nitrogens with one attached hydrogen (secondary N) is 1. The van der Waals surface area contributed by atoms with E-state index in [-0.39, 0.29) is 0 Å². The Kier molecular flexibility index (Phi) is 5.10. The number of hydrogen-bond donors (Lipinski definition) is 1. The largest absolute Gasteiger partial charge is 0.351 e. The van der Waals surface area contributed by atoms with Gasteiger partial charge in [0.2, 0.25) is 0 Å². The van der Waals surface area contributed by atoms with Gasteiger partial charge in [-0.1, -0.05) is 6.92 Å². The van der Waals surface area contributed by atoms with Crippen LogP contribution in [-0.2, 0) is 6.54 Å². The molecule has 2 heterocycles. The standard InChI is InChI=1S/C14H25N5/c1-4-15-8-12-9-16-10-14(17-12)19-7-5-6-13(19)11-18(2)3/h9-10,13,15H,4-8,11H2,1-3H3. The van der Waals surface area contributed by atoms with Gasteiger partial charge < -0.3 is 15.1 Å². The summed E-state index contributed by atoms with van der Waals surface area (Å²) in [6.07, 6.45) is 6.24. The third-order valence-corrected chi connectivity index (χ3v) is 3.48. The lowest BCUT2D eigenvalue weighted by Crippen LogP contribution is -2.38. The Labute approximate surface area is 116 Å². The third-order valence-electron chi connectivity index (χ3n) is 3.48. The number of nitrogens with zero attached hydrogens (tertiary/aromatic N) is 4. The van der Waals surface area contributed by atoms with Crippen LogP contribution in [0.1, 0.15) is 25.5 Å². The van der Waals surface area contributed by atoms with E-state index in [9.17, 15) is 0 Å². The number of anilines is 1. The average molecular weight is 263 g/mol. The predicted molar refractivity (Wildman–Crippen MR) is 78.3 cm³/mol. The molecule has 0 amide bonds. The van der Waals surface area contributed by atoms with E-state index in [0.29, 0.717) is 6.04 Å². The molecule has 0 aliphatic carbocycles. The number of rotatable bonds is 6. The first kappa shape index (κ1) is 14.2. The normalized spacial score (nSPS) is 19.4. The Morgan fingerprint density at radius 1 is 1.42 bits per heavy atom. The van der Waals surface area contributed by atoms with Crippen molar-refractivity contribution in [3.05, 3.63) is 18.1 Å². The van der Waals surface area contributed by atoms with Gasteiger partial charge in [0, 0.05) is 31.9 Å². The average Bonchev–Trinajstić information content (AvgIpc) is 2.84. The van der Waals surface area contributed by atoms with Gasteiger partial charge in [-0.15, -0.1) is 0 Å². The first-order valence-electron chi connectivity index (χ1n) is 7.13. The van der Waals surface area contributed by atoms with Gasteiger partial charge in [-0.3, -0.25) is 4.98 Å². The van der Waals surface area contributed by atoms with Crippen LogP contribution in [0.4, 0.5) is 5.82 Å². The summed E-state index contributed by atoms with van der Waals surface area (Å²) in [6, 6.07) is 0.568. The minimum absolute atomic E-state index is 0.568. The maximum absolute atomic E-state index is 4.73. The van der Waals surface area contributed by atoms with Crippen molar-refractivity contribution in [1.29, 1.82) is 0 Å². The van der Waals surface area contributed by atoms with Crippen molar-refractivity contribution in [2.24, 2.45) is 0 Å². The molecule has 19 heavy (non-hydrogen) atoms. The van der Waals surface area contributed by atoms with Gasteiger partial charge in [0.05, 0.1) is 11.9 Å². The summed E-state index contributed by atoms with van der Waals surface area (Å²) in [5.41, 5.74) is 1.02. The second-order valence-corrected chi connectivity index (χ2v) is 5.40. The lowest BCUT2D eigenvalue weighted by molar-refractivity contribution is 0.371. The van der Waals surface area contributed by atoms with Crippen molar-refractivity contribution in [3.63, 3.8) is 0 Å². The lowest BCUT2D eigenvalue weighted by atomic mass is 10.2. The zero-order valence-corrected chi connectivity index (χ0v) is 12.3. The molecule has 1 aromatic heterocycles. The summed E-state index contributed by atoms with van der Waals surface area (Å²) >= 11 is 0. The smallest absolute Gasteiger partial charge is 0.147 e. The van der Waals surface area contributed by atoms with Gasteiger partial charge in [0.1, 0.15) is 5.82 Å². The van der Waals surface area contributed by atoms with Gasteiger partial charge in [-0.2, -0.15) is 0 Å². The second-order valence-electron chi connectivity index (χ2n) is 5.40. The van der Waals surface area contributed by atoms with E-state index in [1.807, 2.05) is 12.4 Å². The van der Waals surface area contributed by atoms with Crippen molar-refractivity contribution >= 4 is 5.82 Å². The van der Waals surface area contributed by atoms with Crippen LogP contribution in [0.25, 0.3) is 0 Å². The van der Waals surface area contributed by atoms with Crippen LogP contribution < -0.4 is 10.2 Å². The fourth-order valence-electron chi connectivity index (χ4n) is 2.62. The zero-order chi connectivity index (χ0) is 13.7. The van der Waals surface area contributed by atoms with Crippen LogP contribution in [0.5, 0.6) is 0 Å². The summed E-state index contributed by atoms with van der Waals surface area (Å²) in [5.74, 6) is 1.03. The molecule has 1 atom stereocenters. The van der Waals surface area contributed by atoms with Crippen molar-refractivity contribution < 1.29 is 0 Å². The molecule has 2 rings (SSSR count). The highest BCUT2D eigenvalue weighted by molar-refractivity contribution is 5.39. The molecule has 5 nitrogen and oxygen atoms in total. The van der Waals surface area contributed by atoms with E-state index in [2.05, 4.69) is 41.1 Å². The number of likely N-dealkylation sites (N-methyl/N-ethyl adjacent to an activating group) is 1. The summed E-state index contributed by atoms with van der Waals surface area (Å²) in [7, 11) is 4.26. The summed E-state index contributed by atoms with van der Waals surface area (Å²) in [6.45, 7) is 6.03. The van der Waals surface area contributed by atoms with Crippen LogP contribution in [0.3, 0.4) is 0 Å². The Balaban J connectivity index is 2.07. The molecular formula is C14H25N5. The summed E-state index contributed by atoms with van der Waals surface area (Å²) < 4.78 is 0. The quantitative estimate of drug-likeness (QED) is 0.833. The second kappa shape index (κ2) is 6.82.